The SMILES string of the molecule is CCc1ccccc1Nc1cc(-c2ccccc2)nc2ccc(-c3ccccc3)cc12. The highest BCUT2D eigenvalue weighted by atomic mass is 14.9. The molecule has 4 aromatic carbocycles. The topological polar surface area (TPSA) is 24.9 Å². The summed E-state index contributed by atoms with van der Waals surface area (Å²) in [5.41, 5.74) is 8.97. The summed E-state index contributed by atoms with van der Waals surface area (Å²) in [4.78, 5) is 4.99. The van der Waals surface area contributed by atoms with Crippen LogP contribution in [0.15, 0.2) is 109 Å². The Labute approximate surface area is 183 Å². The van der Waals surface area contributed by atoms with E-state index in [1.165, 1.54) is 16.7 Å². The second-order valence-corrected chi connectivity index (χ2v) is 7.65. The van der Waals surface area contributed by atoms with Gasteiger partial charge in [-0.25, -0.2) is 4.98 Å². The van der Waals surface area contributed by atoms with Gasteiger partial charge in [0, 0.05) is 16.6 Å². The van der Waals surface area contributed by atoms with Crippen molar-refractivity contribution in [1.82, 2.24) is 4.98 Å². The van der Waals surface area contributed by atoms with Gasteiger partial charge in [-0.05, 0) is 47.4 Å². The molecule has 0 amide bonds. The standard InChI is InChI=1S/C29H24N2/c1-2-21-11-9-10-16-26(21)30-29-20-28(23-14-7-4-8-15-23)31-27-18-17-24(19-25(27)29)22-12-5-3-6-13-22/h3-20H,2H2,1H3,(H,30,31). The first-order chi connectivity index (χ1) is 15.3. The molecule has 2 nitrogen and oxygen atoms in total. The van der Waals surface area contributed by atoms with Gasteiger partial charge in [-0.2, -0.15) is 0 Å². The molecule has 0 aliphatic heterocycles. The van der Waals surface area contributed by atoms with E-state index < -0.39 is 0 Å². The predicted octanol–water partition coefficient (Wildman–Crippen LogP) is 7.87. The molecule has 0 saturated carbocycles. The molecule has 0 aliphatic carbocycles. The van der Waals surface area contributed by atoms with Crippen molar-refractivity contribution in [1.29, 1.82) is 0 Å². The maximum Gasteiger partial charge on any atom is 0.0730 e. The van der Waals surface area contributed by atoms with Crippen LogP contribution >= 0.6 is 0 Å². The molecule has 1 aromatic heterocycles. The van der Waals surface area contributed by atoms with E-state index >= 15 is 0 Å². The molecule has 1 heterocycles. The van der Waals surface area contributed by atoms with Crippen molar-refractivity contribution in [3.05, 3.63) is 115 Å². The molecule has 0 aliphatic rings. The summed E-state index contributed by atoms with van der Waals surface area (Å²) >= 11 is 0. The molecule has 0 radical (unpaired) electrons. The molecule has 0 spiro atoms. The van der Waals surface area contributed by atoms with Gasteiger partial charge >= 0.3 is 0 Å². The minimum Gasteiger partial charge on any atom is -0.355 e. The number of benzene rings is 4. The van der Waals surface area contributed by atoms with E-state index in [1.54, 1.807) is 0 Å². The molecular weight excluding hydrogens is 376 g/mol. The Hall–Kier alpha value is -3.91. The molecule has 31 heavy (non-hydrogen) atoms. The summed E-state index contributed by atoms with van der Waals surface area (Å²) < 4.78 is 0. The normalized spacial score (nSPS) is 10.9. The van der Waals surface area contributed by atoms with Gasteiger partial charge in [0.25, 0.3) is 0 Å². The maximum absolute atomic E-state index is 4.99. The molecular formula is C29H24N2. The van der Waals surface area contributed by atoms with Gasteiger partial charge in [-0.3, -0.25) is 0 Å². The fraction of sp³-hybridized carbons (Fsp3) is 0.0690. The number of rotatable bonds is 5. The number of aryl methyl sites for hydroxylation is 1. The highest BCUT2D eigenvalue weighted by Crippen LogP contribution is 2.34. The minimum atomic E-state index is 0.969. The van der Waals surface area contributed by atoms with Crippen LogP contribution in [0.1, 0.15) is 12.5 Å². The average molecular weight is 401 g/mol. The van der Waals surface area contributed by atoms with Crippen molar-refractivity contribution < 1.29 is 0 Å². The van der Waals surface area contributed by atoms with E-state index in [9.17, 15) is 0 Å². The smallest absolute Gasteiger partial charge is 0.0730 e. The molecule has 0 saturated heterocycles. The Morgan fingerprint density at radius 1 is 0.613 bits per heavy atom. The number of hydrogen-bond acceptors (Lipinski definition) is 2. The molecule has 150 valence electrons. The van der Waals surface area contributed by atoms with Gasteiger partial charge < -0.3 is 5.32 Å². The Morgan fingerprint density at radius 3 is 2.03 bits per heavy atom. The van der Waals surface area contributed by atoms with Gasteiger partial charge in [-0.15, -0.1) is 0 Å². The van der Waals surface area contributed by atoms with Crippen molar-refractivity contribution >= 4 is 22.3 Å². The average Bonchev–Trinajstić information content (AvgIpc) is 2.85. The zero-order valence-electron chi connectivity index (χ0n) is 17.5. The number of para-hydroxylation sites is 1. The Balaban J connectivity index is 1.70. The number of hydrogen-bond donors (Lipinski definition) is 1. The first-order valence-corrected chi connectivity index (χ1v) is 10.7. The molecule has 0 unspecified atom stereocenters. The quantitative estimate of drug-likeness (QED) is 0.324. The predicted molar refractivity (Wildman–Crippen MR) is 132 cm³/mol. The lowest BCUT2D eigenvalue weighted by Crippen LogP contribution is -1.98. The van der Waals surface area contributed by atoms with Gasteiger partial charge in [-0.1, -0.05) is 91.9 Å². The zero-order valence-corrected chi connectivity index (χ0v) is 17.5. The summed E-state index contributed by atoms with van der Waals surface area (Å²) in [5.74, 6) is 0. The molecule has 0 atom stereocenters. The van der Waals surface area contributed by atoms with Gasteiger partial charge in [0.15, 0.2) is 0 Å². The fourth-order valence-electron chi connectivity index (χ4n) is 3.99. The number of aromatic nitrogens is 1. The van der Waals surface area contributed by atoms with Crippen molar-refractivity contribution in [2.24, 2.45) is 0 Å². The maximum atomic E-state index is 4.99. The lowest BCUT2D eigenvalue weighted by Gasteiger charge is -2.15. The van der Waals surface area contributed by atoms with Crippen LogP contribution in [-0.4, -0.2) is 4.98 Å². The highest BCUT2D eigenvalue weighted by Gasteiger charge is 2.11. The third-order valence-electron chi connectivity index (χ3n) is 5.65. The van der Waals surface area contributed by atoms with Crippen LogP contribution < -0.4 is 5.32 Å². The minimum absolute atomic E-state index is 0.969. The number of pyridine rings is 1. The third-order valence-corrected chi connectivity index (χ3v) is 5.65. The molecule has 1 N–H and O–H groups in total. The Bertz CT molecular complexity index is 1330. The summed E-state index contributed by atoms with van der Waals surface area (Å²) in [6.07, 6.45) is 0.979. The van der Waals surface area contributed by atoms with E-state index in [0.717, 1.165) is 40.0 Å². The fourth-order valence-corrected chi connectivity index (χ4v) is 3.99. The first-order valence-electron chi connectivity index (χ1n) is 10.7. The van der Waals surface area contributed by atoms with Crippen LogP contribution in [0.25, 0.3) is 33.3 Å². The summed E-state index contributed by atoms with van der Waals surface area (Å²) in [6.45, 7) is 2.19. The van der Waals surface area contributed by atoms with Crippen molar-refractivity contribution in [3.63, 3.8) is 0 Å². The monoisotopic (exact) mass is 400 g/mol. The van der Waals surface area contributed by atoms with E-state index in [-0.39, 0.29) is 0 Å². The van der Waals surface area contributed by atoms with Crippen molar-refractivity contribution in [2.45, 2.75) is 13.3 Å². The molecule has 0 bridgehead atoms. The first kappa shape index (κ1) is 19.1. The van der Waals surface area contributed by atoms with Crippen LogP contribution in [0.2, 0.25) is 0 Å². The van der Waals surface area contributed by atoms with Crippen LogP contribution in [0, 0.1) is 0 Å². The van der Waals surface area contributed by atoms with Crippen LogP contribution in [0.3, 0.4) is 0 Å². The largest absolute Gasteiger partial charge is 0.355 e. The lowest BCUT2D eigenvalue weighted by atomic mass is 10.0. The van der Waals surface area contributed by atoms with Crippen LogP contribution in [-0.2, 0) is 6.42 Å². The second kappa shape index (κ2) is 8.45. The zero-order chi connectivity index (χ0) is 21.0. The molecule has 0 fully saturated rings. The Morgan fingerprint density at radius 2 is 1.29 bits per heavy atom. The van der Waals surface area contributed by atoms with Gasteiger partial charge in [0.2, 0.25) is 0 Å². The highest BCUT2D eigenvalue weighted by molar-refractivity contribution is 5.98. The number of anilines is 2. The molecule has 2 heteroatoms. The molecule has 5 aromatic rings. The number of fused-ring (bicyclic) bond motifs is 1. The summed E-state index contributed by atoms with van der Waals surface area (Å²) in [7, 11) is 0. The lowest BCUT2D eigenvalue weighted by molar-refractivity contribution is 1.14. The summed E-state index contributed by atoms with van der Waals surface area (Å²) in [5, 5.41) is 4.83. The van der Waals surface area contributed by atoms with E-state index in [1.807, 2.05) is 12.1 Å². The van der Waals surface area contributed by atoms with Crippen LogP contribution in [0.5, 0.6) is 0 Å². The van der Waals surface area contributed by atoms with Crippen molar-refractivity contribution in [2.75, 3.05) is 5.32 Å². The van der Waals surface area contributed by atoms with Crippen LogP contribution in [0.4, 0.5) is 11.4 Å². The molecule has 5 rings (SSSR count). The van der Waals surface area contributed by atoms with Crippen molar-refractivity contribution in [3.8, 4) is 22.4 Å². The third kappa shape index (κ3) is 3.93. The van der Waals surface area contributed by atoms with E-state index in [0.29, 0.717) is 0 Å². The summed E-state index contributed by atoms with van der Waals surface area (Å²) in [6, 6.07) is 38.0. The second-order valence-electron chi connectivity index (χ2n) is 7.65. The number of nitrogens with zero attached hydrogens (tertiary/aromatic N) is 1. The number of nitrogens with one attached hydrogen (secondary N) is 1. The Kier molecular flexibility index (Phi) is 5.20. The van der Waals surface area contributed by atoms with E-state index in [4.69, 9.17) is 4.98 Å². The van der Waals surface area contributed by atoms with Gasteiger partial charge in [0.05, 0.1) is 16.9 Å². The van der Waals surface area contributed by atoms with E-state index in [2.05, 4.69) is 109 Å². The van der Waals surface area contributed by atoms with Gasteiger partial charge in [0.1, 0.15) is 0 Å².